The Hall–Kier alpha value is -0.870. The van der Waals surface area contributed by atoms with E-state index in [0.29, 0.717) is 6.04 Å². The molecule has 1 aliphatic rings. The summed E-state index contributed by atoms with van der Waals surface area (Å²) in [5.74, 6) is 0. The minimum absolute atomic E-state index is 0.316. The molecule has 4 nitrogen and oxygen atoms in total. The second-order valence-corrected chi connectivity index (χ2v) is 3.19. The standard InChI is InChI=1S/C9H15N3O/c1-2-12-7-10-5-9(12)8-6-13-4-3-11-8/h5,7-8,11H,2-4,6H2,1H3. The van der Waals surface area contributed by atoms with Crippen molar-refractivity contribution in [1.82, 2.24) is 14.9 Å². The van der Waals surface area contributed by atoms with Crippen molar-refractivity contribution in [2.75, 3.05) is 19.8 Å². The van der Waals surface area contributed by atoms with Gasteiger partial charge in [0.25, 0.3) is 0 Å². The second-order valence-electron chi connectivity index (χ2n) is 3.19. The van der Waals surface area contributed by atoms with Crippen LogP contribution in [0.15, 0.2) is 12.5 Å². The number of aromatic nitrogens is 2. The number of aryl methyl sites for hydroxylation is 1. The molecule has 1 unspecified atom stereocenters. The van der Waals surface area contributed by atoms with Crippen molar-refractivity contribution < 1.29 is 4.74 Å². The molecule has 1 N–H and O–H groups in total. The molecule has 1 aromatic rings. The van der Waals surface area contributed by atoms with Crippen LogP contribution in [0.1, 0.15) is 18.7 Å². The van der Waals surface area contributed by atoms with Crippen LogP contribution in [-0.2, 0) is 11.3 Å². The molecule has 1 atom stereocenters. The molecule has 0 spiro atoms. The van der Waals surface area contributed by atoms with Crippen LogP contribution in [0.25, 0.3) is 0 Å². The van der Waals surface area contributed by atoms with E-state index < -0.39 is 0 Å². The number of morpholine rings is 1. The van der Waals surface area contributed by atoms with Crippen LogP contribution in [0, 0.1) is 0 Å². The minimum Gasteiger partial charge on any atom is -0.378 e. The summed E-state index contributed by atoms with van der Waals surface area (Å²) in [6.45, 7) is 5.59. The molecule has 2 heterocycles. The maximum atomic E-state index is 5.40. The molecule has 0 saturated carbocycles. The normalized spacial score (nSPS) is 23.3. The molecule has 0 bridgehead atoms. The quantitative estimate of drug-likeness (QED) is 0.724. The Balaban J connectivity index is 2.13. The van der Waals surface area contributed by atoms with Crippen molar-refractivity contribution in [2.45, 2.75) is 19.5 Å². The fourth-order valence-electron chi connectivity index (χ4n) is 1.64. The van der Waals surface area contributed by atoms with Crippen molar-refractivity contribution in [3.05, 3.63) is 18.2 Å². The highest BCUT2D eigenvalue weighted by molar-refractivity contribution is 5.06. The van der Waals surface area contributed by atoms with E-state index in [1.54, 1.807) is 0 Å². The number of rotatable bonds is 2. The van der Waals surface area contributed by atoms with Crippen LogP contribution in [0.2, 0.25) is 0 Å². The maximum absolute atomic E-state index is 5.40. The van der Waals surface area contributed by atoms with Gasteiger partial charge >= 0.3 is 0 Å². The summed E-state index contributed by atoms with van der Waals surface area (Å²) in [6, 6.07) is 0.316. The van der Waals surface area contributed by atoms with Crippen molar-refractivity contribution >= 4 is 0 Å². The summed E-state index contributed by atoms with van der Waals surface area (Å²) in [4.78, 5) is 4.14. The molecule has 72 valence electrons. The average Bonchev–Trinajstić information content (AvgIpc) is 2.67. The van der Waals surface area contributed by atoms with Gasteiger partial charge in [-0.05, 0) is 6.92 Å². The predicted octanol–water partition coefficient (Wildman–Crippen LogP) is 0.564. The van der Waals surface area contributed by atoms with E-state index in [9.17, 15) is 0 Å². The zero-order valence-corrected chi connectivity index (χ0v) is 7.86. The Labute approximate surface area is 77.9 Å². The van der Waals surface area contributed by atoms with Crippen LogP contribution in [0.5, 0.6) is 0 Å². The van der Waals surface area contributed by atoms with Crippen LogP contribution in [-0.4, -0.2) is 29.3 Å². The average molecular weight is 181 g/mol. The largest absolute Gasteiger partial charge is 0.378 e. The van der Waals surface area contributed by atoms with E-state index >= 15 is 0 Å². The van der Waals surface area contributed by atoms with Crippen LogP contribution >= 0.6 is 0 Å². The van der Waals surface area contributed by atoms with Crippen molar-refractivity contribution in [1.29, 1.82) is 0 Å². The number of nitrogens with zero attached hydrogens (tertiary/aromatic N) is 2. The van der Waals surface area contributed by atoms with Gasteiger partial charge < -0.3 is 14.6 Å². The molecule has 1 aliphatic heterocycles. The van der Waals surface area contributed by atoms with E-state index in [2.05, 4.69) is 21.8 Å². The molecule has 1 fully saturated rings. The van der Waals surface area contributed by atoms with Crippen LogP contribution in [0.4, 0.5) is 0 Å². The summed E-state index contributed by atoms with van der Waals surface area (Å²) in [5, 5.41) is 3.41. The molecular weight excluding hydrogens is 166 g/mol. The fraction of sp³-hybridized carbons (Fsp3) is 0.667. The molecule has 2 rings (SSSR count). The highest BCUT2D eigenvalue weighted by Gasteiger charge is 2.17. The molecule has 0 amide bonds. The van der Waals surface area contributed by atoms with Gasteiger partial charge in [-0.3, -0.25) is 0 Å². The highest BCUT2D eigenvalue weighted by atomic mass is 16.5. The van der Waals surface area contributed by atoms with Crippen molar-refractivity contribution in [2.24, 2.45) is 0 Å². The lowest BCUT2D eigenvalue weighted by Crippen LogP contribution is -2.35. The van der Waals surface area contributed by atoms with Gasteiger partial charge in [-0.25, -0.2) is 4.98 Å². The SMILES string of the molecule is CCn1cncc1C1COCCN1. The maximum Gasteiger partial charge on any atom is 0.0948 e. The first-order chi connectivity index (χ1) is 6.42. The van der Waals surface area contributed by atoms with Gasteiger partial charge in [0.2, 0.25) is 0 Å². The molecule has 13 heavy (non-hydrogen) atoms. The van der Waals surface area contributed by atoms with Gasteiger partial charge in [0, 0.05) is 19.3 Å². The van der Waals surface area contributed by atoms with Gasteiger partial charge in [0.05, 0.1) is 31.3 Å². The summed E-state index contributed by atoms with van der Waals surface area (Å²) in [5.41, 5.74) is 1.22. The molecule has 0 aromatic carbocycles. The third kappa shape index (κ3) is 1.73. The molecular formula is C9H15N3O. The van der Waals surface area contributed by atoms with Crippen molar-refractivity contribution in [3.8, 4) is 0 Å². The number of hydrogen-bond acceptors (Lipinski definition) is 3. The number of hydrogen-bond donors (Lipinski definition) is 1. The minimum atomic E-state index is 0.316. The zero-order valence-electron chi connectivity index (χ0n) is 7.86. The third-order valence-corrected chi connectivity index (χ3v) is 2.36. The zero-order chi connectivity index (χ0) is 9.10. The molecule has 0 aliphatic carbocycles. The summed E-state index contributed by atoms with van der Waals surface area (Å²) >= 11 is 0. The third-order valence-electron chi connectivity index (χ3n) is 2.36. The predicted molar refractivity (Wildman–Crippen MR) is 49.5 cm³/mol. The van der Waals surface area contributed by atoms with Gasteiger partial charge in [0.15, 0.2) is 0 Å². The lowest BCUT2D eigenvalue weighted by molar-refractivity contribution is 0.0745. The lowest BCUT2D eigenvalue weighted by atomic mass is 10.2. The van der Waals surface area contributed by atoms with Gasteiger partial charge in [0.1, 0.15) is 0 Å². The topological polar surface area (TPSA) is 39.1 Å². The van der Waals surface area contributed by atoms with Crippen molar-refractivity contribution in [3.63, 3.8) is 0 Å². The molecule has 4 heteroatoms. The molecule has 1 aromatic heterocycles. The van der Waals surface area contributed by atoms with E-state index in [1.807, 2.05) is 12.5 Å². The van der Waals surface area contributed by atoms with Gasteiger partial charge in [-0.15, -0.1) is 0 Å². The van der Waals surface area contributed by atoms with Gasteiger partial charge in [-0.2, -0.15) is 0 Å². The first-order valence-electron chi connectivity index (χ1n) is 4.73. The molecule has 1 saturated heterocycles. The Morgan fingerprint density at radius 3 is 3.38 bits per heavy atom. The second kappa shape index (κ2) is 3.89. The fourth-order valence-corrected chi connectivity index (χ4v) is 1.64. The summed E-state index contributed by atoms with van der Waals surface area (Å²) < 4.78 is 7.55. The Morgan fingerprint density at radius 2 is 2.69 bits per heavy atom. The number of ether oxygens (including phenoxy) is 1. The van der Waals surface area contributed by atoms with E-state index in [-0.39, 0.29) is 0 Å². The van der Waals surface area contributed by atoms with E-state index in [4.69, 9.17) is 4.74 Å². The first-order valence-corrected chi connectivity index (χ1v) is 4.73. The van der Waals surface area contributed by atoms with E-state index in [0.717, 1.165) is 26.3 Å². The highest BCUT2D eigenvalue weighted by Crippen LogP contribution is 2.14. The van der Waals surface area contributed by atoms with Crippen LogP contribution in [0.3, 0.4) is 0 Å². The lowest BCUT2D eigenvalue weighted by Gasteiger charge is -2.24. The first kappa shape index (κ1) is 8.72. The Morgan fingerprint density at radius 1 is 1.77 bits per heavy atom. The number of nitrogens with one attached hydrogen (secondary N) is 1. The smallest absolute Gasteiger partial charge is 0.0948 e. The molecule has 0 radical (unpaired) electrons. The summed E-state index contributed by atoms with van der Waals surface area (Å²) in [6.07, 6.45) is 3.78. The number of imidazole rings is 1. The van der Waals surface area contributed by atoms with Gasteiger partial charge in [-0.1, -0.05) is 0 Å². The Kier molecular flexibility index (Phi) is 2.61. The van der Waals surface area contributed by atoms with E-state index in [1.165, 1.54) is 5.69 Å². The van der Waals surface area contributed by atoms with Crippen LogP contribution < -0.4 is 5.32 Å². The monoisotopic (exact) mass is 181 g/mol. The Bertz CT molecular complexity index is 266. The summed E-state index contributed by atoms with van der Waals surface area (Å²) in [7, 11) is 0.